The molecule has 1 aliphatic heterocycles. The Labute approximate surface area is 75.3 Å². The molecule has 0 bridgehead atoms. The zero-order chi connectivity index (χ0) is 10.0. The molecule has 0 unspecified atom stereocenters. The van der Waals surface area contributed by atoms with E-state index in [4.69, 9.17) is 14.6 Å². The number of methoxy groups -OCH3 is 1. The van der Waals surface area contributed by atoms with Crippen LogP contribution >= 0.6 is 0 Å². The average Bonchev–Trinajstić information content (AvgIpc) is 2.15. The molecule has 5 atom stereocenters. The SMILES string of the molecule is CO[C@H]1O[C@H](C[17OH])[C@@H](O)[C@H](O)[C@H]1O. The molecule has 1 aliphatic rings. The normalized spacial score (nSPS) is 46.4. The van der Waals surface area contributed by atoms with Gasteiger partial charge in [0.2, 0.25) is 0 Å². The average molecular weight is 195 g/mol. The first-order valence-electron chi connectivity index (χ1n) is 3.95. The maximum atomic E-state index is 9.28. The Hall–Kier alpha value is -0.240. The summed E-state index contributed by atoms with van der Waals surface area (Å²) >= 11 is 0. The van der Waals surface area contributed by atoms with Crippen molar-refractivity contribution in [3.8, 4) is 0 Å². The van der Waals surface area contributed by atoms with Gasteiger partial charge in [-0.15, -0.1) is 0 Å². The highest BCUT2D eigenvalue weighted by Gasteiger charge is 2.43. The minimum atomic E-state index is -1.36. The van der Waals surface area contributed by atoms with Gasteiger partial charge >= 0.3 is 0 Å². The van der Waals surface area contributed by atoms with Crippen molar-refractivity contribution in [2.45, 2.75) is 30.7 Å². The van der Waals surface area contributed by atoms with Gasteiger partial charge in [0.05, 0.1) is 6.61 Å². The Morgan fingerprint density at radius 1 is 1.23 bits per heavy atom. The van der Waals surface area contributed by atoms with Crippen LogP contribution in [0.4, 0.5) is 0 Å². The van der Waals surface area contributed by atoms with Crippen LogP contribution in [-0.2, 0) is 9.47 Å². The highest BCUT2D eigenvalue weighted by Crippen LogP contribution is 2.20. The minimum Gasteiger partial charge on any atom is -0.394 e. The molecule has 0 saturated carbocycles. The zero-order valence-electron chi connectivity index (χ0n) is 7.20. The van der Waals surface area contributed by atoms with Gasteiger partial charge in [-0.2, -0.15) is 0 Å². The Morgan fingerprint density at radius 2 is 1.85 bits per heavy atom. The molecular formula is C7H14O6. The lowest BCUT2D eigenvalue weighted by Crippen LogP contribution is -2.58. The van der Waals surface area contributed by atoms with Crippen LogP contribution in [-0.4, -0.2) is 64.8 Å². The molecule has 6 nitrogen and oxygen atoms in total. The standard InChI is InChI=1S/C7H14O6/c1-12-7-6(11)5(10)4(9)3(2-8)13-7/h3-11H,2H2,1H3/t3-,4-,5+,6-,7+/m1/s1/i8+1. The fraction of sp³-hybridized carbons (Fsp3) is 1.00. The molecule has 0 radical (unpaired) electrons. The number of hydrogen-bond acceptors (Lipinski definition) is 6. The van der Waals surface area contributed by atoms with Gasteiger partial charge in [-0.3, -0.25) is 0 Å². The molecule has 0 aromatic rings. The van der Waals surface area contributed by atoms with Gasteiger partial charge in [-0.1, -0.05) is 0 Å². The van der Waals surface area contributed by atoms with E-state index in [1.807, 2.05) is 0 Å². The molecule has 78 valence electrons. The van der Waals surface area contributed by atoms with Gasteiger partial charge in [0, 0.05) is 7.11 Å². The second-order valence-electron chi connectivity index (χ2n) is 2.93. The Balaban J connectivity index is 2.66. The molecule has 1 fully saturated rings. The molecule has 0 aliphatic carbocycles. The summed E-state index contributed by atoms with van der Waals surface area (Å²) in [6, 6.07) is 0. The monoisotopic (exact) mass is 195 g/mol. The summed E-state index contributed by atoms with van der Waals surface area (Å²) in [6.45, 7) is -0.440. The van der Waals surface area contributed by atoms with Gasteiger partial charge in [0.15, 0.2) is 6.29 Å². The number of hydrogen-bond donors (Lipinski definition) is 4. The van der Waals surface area contributed by atoms with Gasteiger partial charge in [0.25, 0.3) is 0 Å². The van der Waals surface area contributed by atoms with Crippen molar-refractivity contribution >= 4 is 0 Å². The van der Waals surface area contributed by atoms with Crippen LogP contribution in [0.1, 0.15) is 0 Å². The van der Waals surface area contributed by atoms with Crippen molar-refractivity contribution < 1.29 is 29.9 Å². The van der Waals surface area contributed by atoms with Gasteiger partial charge in [0.1, 0.15) is 24.4 Å². The fourth-order valence-corrected chi connectivity index (χ4v) is 1.26. The Kier molecular flexibility index (Phi) is 3.60. The minimum absolute atomic E-state index is 0.440. The van der Waals surface area contributed by atoms with Crippen LogP contribution in [0.3, 0.4) is 0 Å². The van der Waals surface area contributed by atoms with Crippen molar-refractivity contribution in [3.63, 3.8) is 0 Å². The van der Waals surface area contributed by atoms with E-state index >= 15 is 0 Å². The van der Waals surface area contributed by atoms with Crippen molar-refractivity contribution in [2.75, 3.05) is 13.7 Å². The summed E-state index contributed by atoms with van der Waals surface area (Å²) < 4.78 is 9.65. The van der Waals surface area contributed by atoms with E-state index in [2.05, 4.69) is 0 Å². The van der Waals surface area contributed by atoms with Crippen molar-refractivity contribution in [1.29, 1.82) is 0 Å². The van der Waals surface area contributed by atoms with Gasteiger partial charge in [-0.05, 0) is 0 Å². The number of ether oxygens (including phenoxy) is 2. The number of aliphatic hydroxyl groups is 4. The van der Waals surface area contributed by atoms with Crippen molar-refractivity contribution in [2.24, 2.45) is 0 Å². The van der Waals surface area contributed by atoms with E-state index in [1.165, 1.54) is 7.11 Å². The predicted octanol–water partition coefficient (Wildman–Crippen LogP) is -2.57. The number of rotatable bonds is 2. The predicted molar refractivity (Wildman–Crippen MR) is 40.8 cm³/mol. The highest BCUT2D eigenvalue weighted by molar-refractivity contribution is 4.88. The van der Waals surface area contributed by atoms with Crippen LogP contribution in [0, 0.1) is 0 Å². The lowest BCUT2D eigenvalue weighted by molar-refractivity contribution is -0.294. The lowest BCUT2D eigenvalue weighted by Gasteiger charge is -2.38. The summed E-state index contributed by atoms with van der Waals surface area (Å²) in [6.07, 6.45) is -5.91. The van der Waals surface area contributed by atoms with Crippen LogP contribution in [0.2, 0.25) is 0 Å². The molecule has 6 heteroatoms. The third-order valence-corrected chi connectivity index (χ3v) is 2.08. The summed E-state index contributed by atoms with van der Waals surface area (Å²) in [4.78, 5) is 0. The number of aliphatic hydroxyl groups excluding tert-OH is 4. The molecule has 4 N–H and O–H groups in total. The van der Waals surface area contributed by atoms with E-state index < -0.39 is 37.3 Å². The molecule has 1 rings (SSSR count). The van der Waals surface area contributed by atoms with Crippen LogP contribution < -0.4 is 0 Å². The molecule has 0 aromatic carbocycles. The first-order chi connectivity index (χ1) is 6.11. The van der Waals surface area contributed by atoms with E-state index in [-0.39, 0.29) is 0 Å². The Bertz CT molecular complexity index is 143. The molecular weight excluding hydrogens is 181 g/mol. The third-order valence-electron chi connectivity index (χ3n) is 2.08. The topological polar surface area (TPSA) is 99.4 Å². The molecule has 0 aromatic heterocycles. The van der Waals surface area contributed by atoms with E-state index in [1.54, 1.807) is 0 Å². The molecule has 1 heterocycles. The maximum absolute atomic E-state index is 9.28. The highest BCUT2D eigenvalue weighted by atomic mass is 17.2. The van der Waals surface area contributed by atoms with Crippen LogP contribution in [0.25, 0.3) is 0 Å². The smallest absolute Gasteiger partial charge is 0.186 e. The van der Waals surface area contributed by atoms with Crippen LogP contribution in [0.15, 0.2) is 0 Å². The first kappa shape index (κ1) is 10.8. The summed E-state index contributed by atoms with van der Waals surface area (Å²) in [7, 11) is 1.30. The van der Waals surface area contributed by atoms with Gasteiger partial charge in [-0.25, -0.2) is 0 Å². The lowest BCUT2D eigenvalue weighted by atomic mass is 10.00. The van der Waals surface area contributed by atoms with Crippen molar-refractivity contribution in [1.82, 2.24) is 0 Å². The quantitative estimate of drug-likeness (QED) is 0.386. The summed E-state index contributed by atoms with van der Waals surface area (Å²) in [5.41, 5.74) is 0. The fourth-order valence-electron chi connectivity index (χ4n) is 1.26. The molecule has 13 heavy (non-hydrogen) atoms. The van der Waals surface area contributed by atoms with E-state index in [0.29, 0.717) is 0 Å². The zero-order valence-corrected chi connectivity index (χ0v) is 7.20. The third kappa shape index (κ3) is 1.98. The van der Waals surface area contributed by atoms with Gasteiger partial charge < -0.3 is 29.9 Å². The molecule has 0 amide bonds. The second kappa shape index (κ2) is 4.32. The Morgan fingerprint density at radius 3 is 2.31 bits per heavy atom. The molecule has 1 saturated heterocycles. The second-order valence-corrected chi connectivity index (χ2v) is 2.93. The van der Waals surface area contributed by atoms with E-state index in [0.717, 1.165) is 0 Å². The van der Waals surface area contributed by atoms with Crippen molar-refractivity contribution in [3.05, 3.63) is 0 Å². The maximum Gasteiger partial charge on any atom is 0.186 e. The largest absolute Gasteiger partial charge is 0.394 e. The van der Waals surface area contributed by atoms with E-state index in [9.17, 15) is 15.3 Å². The summed E-state index contributed by atoms with van der Waals surface area (Å²) in [5.74, 6) is 0. The first-order valence-corrected chi connectivity index (χ1v) is 3.95. The van der Waals surface area contributed by atoms with Crippen LogP contribution in [0.5, 0.6) is 0 Å². The summed E-state index contributed by atoms with van der Waals surface area (Å²) in [5, 5.41) is 36.6. The molecule has 0 spiro atoms.